The van der Waals surface area contributed by atoms with Gasteiger partial charge in [0, 0.05) is 6.20 Å². The second-order valence-corrected chi connectivity index (χ2v) is 5.21. The van der Waals surface area contributed by atoms with Crippen molar-refractivity contribution in [1.29, 1.82) is 0 Å². The Kier molecular flexibility index (Phi) is 2.97. The van der Waals surface area contributed by atoms with Crippen molar-refractivity contribution in [2.75, 3.05) is 0 Å². The molecule has 0 aliphatic carbocycles. The molecule has 0 aliphatic rings. The van der Waals surface area contributed by atoms with Crippen molar-refractivity contribution in [2.24, 2.45) is 0 Å². The van der Waals surface area contributed by atoms with Crippen molar-refractivity contribution < 1.29 is 9.90 Å². The molecule has 0 spiro atoms. The maximum absolute atomic E-state index is 11.0. The highest BCUT2D eigenvalue weighted by molar-refractivity contribution is 5.87. The smallest absolute Gasteiger partial charge is 0.337 e. The quantitative estimate of drug-likeness (QED) is 0.784. The average Bonchev–Trinajstić information content (AvgIpc) is 2.82. The van der Waals surface area contributed by atoms with E-state index in [1.807, 2.05) is 17.6 Å². The van der Waals surface area contributed by atoms with Crippen molar-refractivity contribution >= 4 is 17.0 Å². The van der Waals surface area contributed by atoms with Gasteiger partial charge in [0.05, 0.1) is 16.6 Å². The zero-order valence-electron chi connectivity index (χ0n) is 12.1. The molecule has 0 aliphatic heterocycles. The van der Waals surface area contributed by atoms with Crippen molar-refractivity contribution in [3.05, 3.63) is 53.0 Å². The van der Waals surface area contributed by atoms with Crippen LogP contribution >= 0.6 is 0 Å². The number of hydrogen-bond acceptors (Lipinski definition) is 3. The lowest BCUT2D eigenvalue weighted by Gasteiger charge is -2.08. The third kappa shape index (κ3) is 2.16. The molecular weight excluding hydrogens is 266 g/mol. The maximum atomic E-state index is 11.0. The molecule has 0 radical (unpaired) electrons. The van der Waals surface area contributed by atoms with Crippen LogP contribution in [0.2, 0.25) is 0 Å². The van der Waals surface area contributed by atoms with Crippen molar-refractivity contribution in [1.82, 2.24) is 14.5 Å². The highest BCUT2D eigenvalue weighted by Crippen LogP contribution is 2.22. The fraction of sp³-hybridized carbons (Fsp3) is 0.188. The van der Waals surface area contributed by atoms with Gasteiger partial charge in [-0.2, -0.15) is 0 Å². The van der Waals surface area contributed by atoms with Crippen LogP contribution in [-0.4, -0.2) is 25.6 Å². The third-order valence-corrected chi connectivity index (χ3v) is 3.69. The monoisotopic (exact) mass is 281 g/mol. The molecule has 5 nitrogen and oxygen atoms in total. The van der Waals surface area contributed by atoms with Gasteiger partial charge in [0.2, 0.25) is 0 Å². The number of aromatic nitrogens is 3. The Morgan fingerprint density at radius 3 is 2.43 bits per heavy atom. The Morgan fingerprint density at radius 1 is 1.05 bits per heavy atom. The SMILES string of the molecule is Cc1cc2ncn(-c3ncc(C(=O)O)cc3C)c2cc1C. The lowest BCUT2D eigenvalue weighted by molar-refractivity contribution is 0.0696. The lowest BCUT2D eigenvalue weighted by Crippen LogP contribution is -2.04. The molecule has 0 saturated heterocycles. The Morgan fingerprint density at radius 2 is 1.76 bits per heavy atom. The number of benzene rings is 1. The molecule has 3 aromatic rings. The third-order valence-electron chi connectivity index (χ3n) is 3.69. The molecule has 0 amide bonds. The molecule has 2 heterocycles. The minimum atomic E-state index is -0.973. The normalized spacial score (nSPS) is 11.0. The van der Waals surface area contributed by atoms with Gasteiger partial charge in [-0.3, -0.25) is 4.57 Å². The predicted octanol–water partition coefficient (Wildman–Crippen LogP) is 3.04. The first-order valence-electron chi connectivity index (χ1n) is 6.62. The van der Waals surface area contributed by atoms with Crippen molar-refractivity contribution in [3.63, 3.8) is 0 Å². The first-order valence-corrected chi connectivity index (χ1v) is 6.62. The predicted molar refractivity (Wildman–Crippen MR) is 80.0 cm³/mol. The van der Waals surface area contributed by atoms with Gasteiger partial charge < -0.3 is 5.11 Å². The zero-order chi connectivity index (χ0) is 15.1. The van der Waals surface area contributed by atoms with Gasteiger partial charge in [0.15, 0.2) is 0 Å². The summed E-state index contributed by atoms with van der Waals surface area (Å²) in [6.07, 6.45) is 3.09. The van der Waals surface area contributed by atoms with E-state index in [0.29, 0.717) is 5.82 Å². The van der Waals surface area contributed by atoms with E-state index in [4.69, 9.17) is 5.11 Å². The molecular formula is C16H15N3O2. The molecule has 0 fully saturated rings. The number of carbonyl (C=O) groups is 1. The van der Waals surface area contributed by atoms with E-state index in [2.05, 4.69) is 29.9 Å². The fourth-order valence-corrected chi connectivity index (χ4v) is 2.37. The standard InChI is InChI=1S/C16H15N3O2/c1-9-5-13-14(6-10(9)2)19(8-18-13)15-11(3)4-12(7-17-15)16(20)21/h4-8H,1-3H3,(H,20,21). The number of fused-ring (bicyclic) bond motifs is 1. The number of aromatic carboxylic acids is 1. The van der Waals surface area contributed by atoms with E-state index >= 15 is 0 Å². The second kappa shape index (κ2) is 4.70. The summed E-state index contributed by atoms with van der Waals surface area (Å²) in [5.74, 6) is -0.273. The van der Waals surface area contributed by atoms with E-state index in [0.717, 1.165) is 16.6 Å². The van der Waals surface area contributed by atoms with Crippen LogP contribution in [0.25, 0.3) is 16.9 Å². The van der Waals surface area contributed by atoms with E-state index in [-0.39, 0.29) is 5.56 Å². The summed E-state index contributed by atoms with van der Waals surface area (Å²) >= 11 is 0. The Balaban J connectivity index is 2.21. The number of imidazole rings is 1. The van der Waals surface area contributed by atoms with Gasteiger partial charge >= 0.3 is 5.97 Å². The minimum absolute atomic E-state index is 0.188. The second-order valence-electron chi connectivity index (χ2n) is 5.21. The summed E-state index contributed by atoms with van der Waals surface area (Å²) in [7, 11) is 0. The summed E-state index contributed by atoms with van der Waals surface area (Å²) in [5.41, 5.74) is 5.24. The Hall–Kier alpha value is -2.69. The Labute approximate surface area is 121 Å². The lowest BCUT2D eigenvalue weighted by atomic mass is 10.1. The number of rotatable bonds is 2. The molecule has 1 aromatic carbocycles. The Bertz CT molecular complexity index is 865. The van der Waals surface area contributed by atoms with Crippen LogP contribution in [0.15, 0.2) is 30.7 Å². The van der Waals surface area contributed by atoms with Crippen molar-refractivity contribution in [2.45, 2.75) is 20.8 Å². The number of carboxylic acids is 1. The summed E-state index contributed by atoms with van der Waals surface area (Å²) in [4.78, 5) is 19.7. The fourth-order valence-electron chi connectivity index (χ4n) is 2.37. The number of pyridine rings is 1. The summed E-state index contributed by atoms with van der Waals surface area (Å²) in [6, 6.07) is 5.74. The van der Waals surface area contributed by atoms with Gasteiger partial charge in [0.25, 0.3) is 0 Å². The van der Waals surface area contributed by atoms with Crippen LogP contribution < -0.4 is 0 Å². The van der Waals surface area contributed by atoms with Crippen LogP contribution in [-0.2, 0) is 0 Å². The molecule has 0 bridgehead atoms. The molecule has 2 aromatic heterocycles. The number of carboxylic acid groups (broad SMARTS) is 1. The molecule has 0 atom stereocenters. The van der Waals surface area contributed by atoms with Gasteiger partial charge in [-0.1, -0.05) is 0 Å². The average molecular weight is 281 g/mol. The maximum Gasteiger partial charge on any atom is 0.337 e. The van der Waals surface area contributed by atoms with E-state index in [1.165, 1.54) is 17.3 Å². The topological polar surface area (TPSA) is 68.0 Å². The number of aryl methyl sites for hydroxylation is 3. The van der Waals surface area contributed by atoms with Gasteiger partial charge in [-0.15, -0.1) is 0 Å². The first-order chi connectivity index (χ1) is 9.97. The summed E-state index contributed by atoms with van der Waals surface area (Å²) < 4.78 is 1.89. The van der Waals surface area contributed by atoms with E-state index < -0.39 is 5.97 Å². The number of hydrogen-bond donors (Lipinski definition) is 1. The van der Waals surface area contributed by atoms with Crippen LogP contribution in [0.3, 0.4) is 0 Å². The molecule has 0 saturated carbocycles. The van der Waals surface area contributed by atoms with Gasteiger partial charge in [0.1, 0.15) is 12.1 Å². The summed E-state index contributed by atoms with van der Waals surface area (Å²) in [5, 5.41) is 9.01. The zero-order valence-corrected chi connectivity index (χ0v) is 12.1. The molecule has 5 heteroatoms. The highest BCUT2D eigenvalue weighted by atomic mass is 16.4. The molecule has 21 heavy (non-hydrogen) atoms. The van der Waals surface area contributed by atoms with E-state index in [9.17, 15) is 4.79 Å². The number of nitrogens with zero attached hydrogens (tertiary/aromatic N) is 3. The van der Waals surface area contributed by atoms with Gasteiger partial charge in [-0.25, -0.2) is 14.8 Å². The van der Waals surface area contributed by atoms with E-state index in [1.54, 1.807) is 12.4 Å². The molecule has 3 rings (SSSR count). The van der Waals surface area contributed by atoms with Crippen LogP contribution in [0.5, 0.6) is 0 Å². The minimum Gasteiger partial charge on any atom is -0.478 e. The molecule has 1 N–H and O–H groups in total. The summed E-state index contributed by atoms with van der Waals surface area (Å²) in [6.45, 7) is 5.96. The molecule has 106 valence electrons. The highest BCUT2D eigenvalue weighted by Gasteiger charge is 2.12. The largest absolute Gasteiger partial charge is 0.478 e. The van der Waals surface area contributed by atoms with Crippen molar-refractivity contribution in [3.8, 4) is 5.82 Å². The molecule has 0 unspecified atom stereocenters. The van der Waals surface area contributed by atoms with Crippen LogP contribution in [0.1, 0.15) is 27.0 Å². The first kappa shape index (κ1) is 13.3. The van der Waals surface area contributed by atoms with Gasteiger partial charge in [-0.05, 0) is 55.7 Å². The van der Waals surface area contributed by atoms with Crippen LogP contribution in [0.4, 0.5) is 0 Å². The van der Waals surface area contributed by atoms with Crippen LogP contribution in [0, 0.1) is 20.8 Å².